The largest absolute Gasteiger partial charge is 0.299 e. The molecule has 0 fully saturated rings. The van der Waals surface area contributed by atoms with E-state index in [-0.39, 0.29) is 5.82 Å². The highest BCUT2D eigenvalue weighted by Crippen LogP contribution is 2.23. The van der Waals surface area contributed by atoms with Gasteiger partial charge >= 0.3 is 0 Å². The van der Waals surface area contributed by atoms with E-state index in [9.17, 15) is 4.39 Å². The number of rotatable bonds is 5. The highest BCUT2D eigenvalue weighted by molar-refractivity contribution is 5.66. The SMILES string of the molecule is Fc1cccc(C2=CCN(CCc3cccc(-c4ccccn4)c3)CC2)c1. The Labute approximate surface area is 160 Å². The normalized spacial score (nSPS) is 14.8. The van der Waals surface area contributed by atoms with E-state index < -0.39 is 0 Å². The molecule has 0 radical (unpaired) electrons. The summed E-state index contributed by atoms with van der Waals surface area (Å²) in [6.45, 7) is 2.96. The Morgan fingerprint density at radius 3 is 2.59 bits per heavy atom. The van der Waals surface area contributed by atoms with Gasteiger partial charge in [-0.3, -0.25) is 9.88 Å². The number of aromatic nitrogens is 1. The van der Waals surface area contributed by atoms with E-state index in [0.29, 0.717) is 0 Å². The number of pyridine rings is 1. The second kappa shape index (κ2) is 8.28. The van der Waals surface area contributed by atoms with Gasteiger partial charge in [-0.05, 0) is 59.9 Å². The molecule has 0 atom stereocenters. The third kappa shape index (κ3) is 4.50. The van der Waals surface area contributed by atoms with Crippen molar-refractivity contribution in [2.45, 2.75) is 12.8 Å². The molecule has 0 N–H and O–H groups in total. The van der Waals surface area contributed by atoms with Gasteiger partial charge in [0.05, 0.1) is 5.69 Å². The molecular weight excluding hydrogens is 335 g/mol. The zero-order valence-electron chi connectivity index (χ0n) is 15.3. The van der Waals surface area contributed by atoms with Crippen molar-refractivity contribution in [2.24, 2.45) is 0 Å². The fourth-order valence-corrected chi connectivity index (χ4v) is 3.57. The highest BCUT2D eigenvalue weighted by Gasteiger charge is 2.13. The number of halogens is 1. The Kier molecular flexibility index (Phi) is 5.40. The van der Waals surface area contributed by atoms with Gasteiger partial charge in [0.15, 0.2) is 0 Å². The third-order valence-electron chi connectivity index (χ3n) is 5.09. The van der Waals surface area contributed by atoms with E-state index in [0.717, 1.165) is 43.7 Å². The second-order valence-corrected chi connectivity index (χ2v) is 6.96. The lowest BCUT2D eigenvalue weighted by Crippen LogP contribution is -2.30. The summed E-state index contributed by atoms with van der Waals surface area (Å²) in [5.74, 6) is -0.163. The zero-order chi connectivity index (χ0) is 18.5. The molecule has 0 unspecified atom stereocenters. The Hall–Kier alpha value is -2.78. The molecule has 1 aromatic heterocycles. The average Bonchev–Trinajstić information content (AvgIpc) is 2.73. The maximum absolute atomic E-state index is 13.4. The summed E-state index contributed by atoms with van der Waals surface area (Å²) >= 11 is 0. The van der Waals surface area contributed by atoms with Crippen LogP contribution in [-0.4, -0.2) is 29.5 Å². The number of hydrogen-bond donors (Lipinski definition) is 0. The summed E-state index contributed by atoms with van der Waals surface area (Å²) in [6.07, 6.45) is 6.06. The van der Waals surface area contributed by atoms with E-state index in [2.05, 4.69) is 40.2 Å². The zero-order valence-corrected chi connectivity index (χ0v) is 15.3. The van der Waals surface area contributed by atoms with Gasteiger partial charge in [-0.15, -0.1) is 0 Å². The smallest absolute Gasteiger partial charge is 0.123 e. The number of benzene rings is 2. The van der Waals surface area contributed by atoms with Gasteiger partial charge in [0.2, 0.25) is 0 Å². The van der Waals surface area contributed by atoms with Gasteiger partial charge in [0.1, 0.15) is 5.82 Å². The van der Waals surface area contributed by atoms with Gasteiger partial charge in [-0.1, -0.05) is 42.5 Å². The monoisotopic (exact) mass is 358 g/mol. The summed E-state index contributed by atoms with van der Waals surface area (Å²) in [5.41, 5.74) is 5.78. The van der Waals surface area contributed by atoms with Crippen molar-refractivity contribution in [1.29, 1.82) is 0 Å². The first kappa shape index (κ1) is 17.6. The van der Waals surface area contributed by atoms with Crippen molar-refractivity contribution < 1.29 is 4.39 Å². The minimum absolute atomic E-state index is 0.163. The lowest BCUT2D eigenvalue weighted by Gasteiger charge is -2.26. The molecule has 0 saturated carbocycles. The fraction of sp³-hybridized carbons (Fsp3) is 0.208. The standard InChI is InChI=1S/C24H23FN2/c25-23-8-4-6-21(18-23)20-11-15-27(16-12-20)14-10-19-5-3-7-22(17-19)24-9-1-2-13-26-24/h1-9,11,13,17-18H,10,12,14-16H2. The molecule has 0 spiro atoms. The molecule has 136 valence electrons. The maximum atomic E-state index is 13.4. The summed E-state index contributed by atoms with van der Waals surface area (Å²) in [4.78, 5) is 6.89. The summed E-state index contributed by atoms with van der Waals surface area (Å²) in [5, 5.41) is 0. The van der Waals surface area contributed by atoms with Gasteiger partial charge in [-0.2, -0.15) is 0 Å². The van der Waals surface area contributed by atoms with Crippen LogP contribution in [-0.2, 0) is 6.42 Å². The van der Waals surface area contributed by atoms with Crippen LogP contribution in [0.4, 0.5) is 4.39 Å². The molecule has 0 bridgehead atoms. The first-order chi connectivity index (χ1) is 13.3. The predicted molar refractivity (Wildman–Crippen MR) is 109 cm³/mol. The van der Waals surface area contributed by atoms with Crippen LogP contribution in [0.15, 0.2) is 79.0 Å². The van der Waals surface area contributed by atoms with E-state index in [1.807, 2.05) is 30.5 Å². The van der Waals surface area contributed by atoms with Crippen LogP contribution in [0, 0.1) is 5.82 Å². The highest BCUT2D eigenvalue weighted by atomic mass is 19.1. The molecule has 0 amide bonds. The second-order valence-electron chi connectivity index (χ2n) is 6.96. The van der Waals surface area contributed by atoms with Gasteiger partial charge in [0.25, 0.3) is 0 Å². The van der Waals surface area contributed by atoms with Gasteiger partial charge in [0, 0.05) is 31.4 Å². The number of nitrogens with zero attached hydrogens (tertiary/aromatic N) is 2. The Morgan fingerprint density at radius 1 is 0.926 bits per heavy atom. The Balaban J connectivity index is 1.36. The van der Waals surface area contributed by atoms with Crippen molar-refractivity contribution >= 4 is 5.57 Å². The topological polar surface area (TPSA) is 16.1 Å². The molecule has 27 heavy (non-hydrogen) atoms. The van der Waals surface area contributed by atoms with Crippen LogP contribution in [0.25, 0.3) is 16.8 Å². The molecule has 3 aromatic rings. The molecule has 2 nitrogen and oxygen atoms in total. The summed E-state index contributed by atoms with van der Waals surface area (Å²) in [6, 6.07) is 21.6. The van der Waals surface area contributed by atoms with Gasteiger partial charge in [-0.25, -0.2) is 4.39 Å². The first-order valence-corrected chi connectivity index (χ1v) is 9.45. The molecule has 4 rings (SSSR count). The maximum Gasteiger partial charge on any atom is 0.123 e. The van der Waals surface area contributed by atoms with Gasteiger partial charge < -0.3 is 0 Å². The van der Waals surface area contributed by atoms with E-state index in [1.165, 1.54) is 22.8 Å². The predicted octanol–water partition coefficient (Wildman–Crippen LogP) is 5.22. The Bertz CT molecular complexity index is 934. The first-order valence-electron chi connectivity index (χ1n) is 9.45. The number of hydrogen-bond acceptors (Lipinski definition) is 2. The van der Waals surface area contributed by atoms with Crippen molar-refractivity contribution in [1.82, 2.24) is 9.88 Å². The van der Waals surface area contributed by atoms with Crippen LogP contribution in [0.2, 0.25) is 0 Å². The van der Waals surface area contributed by atoms with Crippen LogP contribution in [0.3, 0.4) is 0 Å². The lowest BCUT2D eigenvalue weighted by molar-refractivity contribution is 0.306. The molecule has 1 aliphatic heterocycles. The molecular formula is C24H23FN2. The van der Waals surface area contributed by atoms with Crippen molar-refractivity contribution in [3.8, 4) is 11.3 Å². The minimum atomic E-state index is -0.163. The lowest BCUT2D eigenvalue weighted by atomic mass is 9.99. The van der Waals surface area contributed by atoms with Crippen molar-refractivity contribution in [3.05, 3.63) is 95.9 Å². The molecule has 2 aromatic carbocycles. The molecule has 1 aliphatic rings. The van der Waals surface area contributed by atoms with E-state index in [4.69, 9.17) is 0 Å². The molecule has 2 heterocycles. The van der Waals surface area contributed by atoms with Crippen LogP contribution in [0.5, 0.6) is 0 Å². The minimum Gasteiger partial charge on any atom is -0.299 e. The van der Waals surface area contributed by atoms with E-state index >= 15 is 0 Å². The summed E-state index contributed by atoms with van der Waals surface area (Å²) < 4.78 is 13.4. The summed E-state index contributed by atoms with van der Waals surface area (Å²) in [7, 11) is 0. The Morgan fingerprint density at radius 2 is 1.81 bits per heavy atom. The quantitative estimate of drug-likeness (QED) is 0.622. The molecule has 0 aliphatic carbocycles. The van der Waals surface area contributed by atoms with Crippen LogP contribution >= 0.6 is 0 Å². The van der Waals surface area contributed by atoms with Crippen LogP contribution in [0.1, 0.15) is 17.5 Å². The fourth-order valence-electron chi connectivity index (χ4n) is 3.57. The van der Waals surface area contributed by atoms with E-state index in [1.54, 1.807) is 12.1 Å². The van der Waals surface area contributed by atoms with Crippen molar-refractivity contribution in [3.63, 3.8) is 0 Å². The average molecular weight is 358 g/mol. The molecule has 3 heteroatoms. The van der Waals surface area contributed by atoms with Crippen molar-refractivity contribution in [2.75, 3.05) is 19.6 Å². The molecule has 0 saturated heterocycles. The third-order valence-corrected chi connectivity index (χ3v) is 5.09. The van der Waals surface area contributed by atoms with Crippen LogP contribution < -0.4 is 0 Å².